The van der Waals surface area contributed by atoms with Gasteiger partial charge in [-0.05, 0) is 38.6 Å². The van der Waals surface area contributed by atoms with Crippen molar-refractivity contribution in [3.63, 3.8) is 0 Å². The van der Waals surface area contributed by atoms with Crippen LogP contribution < -0.4 is 5.32 Å². The van der Waals surface area contributed by atoms with E-state index in [1.165, 1.54) is 36.9 Å². The summed E-state index contributed by atoms with van der Waals surface area (Å²) in [6, 6.07) is 0.310. The number of nitrogens with zero attached hydrogens (tertiary/aromatic N) is 3. The molecular formula is C19H32N4O. The standard InChI is InChI=1S/C19H32N4O/c1-3-7-18(24)20-17-10-6-11-23(14-17)13-16-12-22(2)21-19(16)15-8-4-5-9-15/h12,15,17H,3-11,13-14H2,1-2H3,(H,20,24). The van der Waals surface area contributed by atoms with Crippen molar-refractivity contribution in [3.05, 3.63) is 17.5 Å². The maximum Gasteiger partial charge on any atom is 0.220 e. The summed E-state index contributed by atoms with van der Waals surface area (Å²) in [6.07, 6.45) is 11.3. The maximum atomic E-state index is 11.9. The zero-order valence-electron chi connectivity index (χ0n) is 15.3. The molecule has 2 fully saturated rings. The quantitative estimate of drug-likeness (QED) is 0.871. The predicted molar refractivity (Wildman–Crippen MR) is 95.8 cm³/mol. The molecule has 1 saturated heterocycles. The Balaban J connectivity index is 1.60. The monoisotopic (exact) mass is 332 g/mol. The molecular weight excluding hydrogens is 300 g/mol. The molecule has 0 bridgehead atoms. The molecule has 1 unspecified atom stereocenters. The van der Waals surface area contributed by atoms with E-state index in [1.54, 1.807) is 0 Å². The van der Waals surface area contributed by atoms with Crippen LogP contribution in [0, 0.1) is 0 Å². The zero-order valence-corrected chi connectivity index (χ0v) is 15.3. The molecule has 1 aliphatic carbocycles. The van der Waals surface area contributed by atoms with E-state index in [4.69, 9.17) is 5.10 Å². The third kappa shape index (κ3) is 4.38. The van der Waals surface area contributed by atoms with Gasteiger partial charge in [-0.3, -0.25) is 14.4 Å². The zero-order chi connectivity index (χ0) is 16.9. The molecule has 2 heterocycles. The molecule has 1 amide bonds. The maximum absolute atomic E-state index is 11.9. The first-order valence-electron chi connectivity index (χ1n) is 9.70. The highest BCUT2D eigenvalue weighted by molar-refractivity contribution is 5.76. The van der Waals surface area contributed by atoms with Gasteiger partial charge in [0.05, 0.1) is 5.69 Å². The summed E-state index contributed by atoms with van der Waals surface area (Å²) in [7, 11) is 2.03. The molecule has 1 aromatic heterocycles. The lowest BCUT2D eigenvalue weighted by Crippen LogP contribution is -2.47. The van der Waals surface area contributed by atoms with E-state index in [0.29, 0.717) is 18.4 Å². The van der Waals surface area contributed by atoms with E-state index in [-0.39, 0.29) is 5.91 Å². The van der Waals surface area contributed by atoms with Crippen molar-refractivity contribution in [1.82, 2.24) is 20.0 Å². The highest BCUT2D eigenvalue weighted by atomic mass is 16.1. The highest BCUT2D eigenvalue weighted by Gasteiger charge is 2.26. The molecule has 0 spiro atoms. The average Bonchev–Trinajstić information content (AvgIpc) is 3.17. The highest BCUT2D eigenvalue weighted by Crippen LogP contribution is 2.35. The first kappa shape index (κ1) is 17.5. The lowest BCUT2D eigenvalue weighted by molar-refractivity contribution is -0.122. The second-order valence-corrected chi connectivity index (χ2v) is 7.59. The Morgan fingerprint density at radius 2 is 2.08 bits per heavy atom. The van der Waals surface area contributed by atoms with Crippen LogP contribution in [0.4, 0.5) is 0 Å². The van der Waals surface area contributed by atoms with Crippen molar-refractivity contribution >= 4 is 5.91 Å². The first-order valence-corrected chi connectivity index (χ1v) is 9.70. The van der Waals surface area contributed by atoms with Crippen molar-refractivity contribution in [1.29, 1.82) is 0 Å². The largest absolute Gasteiger partial charge is 0.352 e. The van der Waals surface area contributed by atoms with Crippen molar-refractivity contribution in [2.45, 2.75) is 76.8 Å². The van der Waals surface area contributed by atoms with Crippen LogP contribution in [0.2, 0.25) is 0 Å². The summed E-state index contributed by atoms with van der Waals surface area (Å²) in [4.78, 5) is 14.4. The Hall–Kier alpha value is -1.36. The molecule has 24 heavy (non-hydrogen) atoms. The Morgan fingerprint density at radius 3 is 2.83 bits per heavy atom. The van der Waals surface area contributed by atoms with Crippen LogP contribution in [-0.4, -0.2) is 39.7 Å². The summed E-state index contributed by atoms with van der Waals surface area (Å²) in [5.41, 5.74) is 2.72. The predicted octanol–water partition coefficient (Wildman–Crippen LogP) is 2.96. The van der Waals surface area contributed by atoms with Crippen LogP contribution >= 0.6 is 0 Å². The normalized spacial score (nSPS) is 22.8. The lowest BCUT2D eigenvalue weighted by atomic mass is 9.99. The molecule has 2 aliphatic rings. The van der Waals surface area contributed by atoms with E-state index in [2.05, 4.69) is 23.3 Å². The van der Waals surface area contributed by atoms with Gasteiger partial charge < -0.3 is 5.32 Å². The summed E-state index contributed by atoms with van der Waals surface area (Å²) >= 11 is 0. The number of carbonyl (C=O) groups excluding carboxylic acids is 1. The van der Waals surface area contributed by atoms with Gasteiger partial charge in [0.15, 0.2) is 0 Å². The molecule has 5 heteroatoms. The minimum atomic E-state index is 0.206. The van der Waals surface area contributed by atoms with Crippen LogP contribution in [0.3, 0.4) is 0 Å². The Bertz CT molecular complexity index is 548. The first-order chi connectivity index (χ1) is 11.7. The van der Waals surface area contributed by atoms with Gasteiger partial charge in [0.2, 0.25) is 5.91 Å². The van der Waals surface area contributed by atoms with Crippen molar-refractivity contribution in [2.24, 2.45) is 7.05 Å². The van der Waals surface area contributed by atoms with Gasteiger partial charge in [-0.15, -0.1) is 0 Å². The van der Waals surface area contributed by atoms with Crippen LogP contribution in [0.25, 0.3) is 0 Å². The number of hydrogen-bond donors (Lipinski definition) is 1. The van der Waals surface area contributed by atoms with E-state index in [0.717, 1.165) is 38.9 Å². The molecule has 1 N–H and O–H groups in total. The van der Waals surface area contributed by atoms with Crippen molar-refractivity contribution < 1.29 is 4.79 Å². The van der Waals surface area contributed by atoms with E-state index >= 15 is 0 Å². The fourth-order valence-corrected chi connectivity index (χ4v) is 4.30. The molecule has 5 nitrogen and oxygen atoms in total. The topological polar surface area (TPSA) is 50.2 Å². The molecule has 0 aromatic carbocycles. The van der Waals surface area contributed by atoms with Gasteiger partial charge in [-0.2, -0.15) is 5.10 Å². The number of piperidine rings is 1. The molecule has 1 saturated carbocycles. The number of likely N-dealkylation sites (tertiary alicyclic amines) is 1. The van der Waals surface area contributed by atoms with Gasteiger partial charge in [0.25, 0.3) is 0 Å². The van der Waals surface area contributed by atoms with Crippen LogP contribution in [0.5, 0.6) is 0 Å². The van der Waals surface area contributed by atoms with E-state index < -0.39 is 0 Å². The average molecular weight is 332 g/mol. The smallest absolute Gasteiger partial charge is 0.220 e. The Labute approximate surface area is 145 Å². The van der Waals surface area contributed by atoms with Crippen LogP contribution in [0.1, 0.15) is 75.5 Å². The number of aromatic nitrogens is 2. The fraction of sp³-hybridized carbons (Fsp3) is 0.789. The van der Waals surface area contributed by atoms with E-state index in [9.17, 15) is 4.79 Å². The Morgan fingerprint density at radius 1 is 1.29 bits per heavy atom. The molecule has 1 aromatic rings. The molecule has 0 radical (unpaired) electrons. The number of rotatable bonds is 6. The lowest BCUT2D eigenvalue weighted by Gasteiger charge is -2.33. The molecule has 1 aliphatic heterocycles. The van der Waals surface area contributed by atoms with Gasteiger partial charge in [0.1, 0.15) is 0 Å². The number of nitrogens with one attached hydrogen (secondary N) is 1. The number of hydrogen-bond acceptors (Lipinski definition) is 3. The van der Waals surface area contributed by atoms with Gasteiger partial charge >= 0.3 is 0 Å². The Kier molecular flexibility index (Phi) is 5.93. The summed E-state index contributed by atoms with van der Waals surface area (Å²) < 4.78 is 1.98. The van der Waals surface area contributed by atoms with E-state index in [1.807, 2.05) is 11.7 Å². The second kappa shape index (κ2) is 8.15. The number of carbonyl (C=O) groups is 1. The van der Waals surface area contributed by atoms with Gasteiger partial charge in [0, 0.05) is 50.3 Å². The summed E-state index contributed by atoms with van der Waals surface area (Å²) in [6.45, 7) is 5.12. The van der Waals surface area contributed by atoms with Crippen LogP contribution in [-0.2, 0) is 18.4 Å². The minimum Gasteiger partial charge on any atom is -0.352 e. The number of amides is 1. The van der Waals surface area contributed by atoms with Gasteiger partial charge in [-0.25, -0.2) is 0 Å². The van der Waals surface area contributed by atoms with Gasteiger partial charge in [-0.1, -0.05) is 19.8 Å². The summed E-state index contributed by atoms with van der Waals surface area (Å²) in [5.74, 6) is 0.864. The minimum absolute atomic E-state index is 0.206. The second-order valence-electron chi connectivity index (χ2n) is 7.59. The SMILES string of the molecule is CCCC(=O)NC1CCCN(Cc2cn(C)nc2C2CCCC2)C1. The third-order valence-electron chi connectivity index (χ3n) is 5.42. The van der Waals surface area contributed by atoms with Crippen molar-refractivity contribution in [2.75, 3.05) is 13.1 Å². The number of aryl methyl sites for hydroxylation is 1. The molecule has 3 rings (SSSR count). The third-order valence-corrected chi connectivity index (χ3v) is 5.42. The molecule has 1 atom stereocenters. The van der Waals surface area contributed by atoms with Crippen LogP contribution in [0.15, 0.2) is 6.20 Å². The van der Waals surface area contributed by atoms with Crippen molar-refractivity contribution in [3.8, 4) is 0 Å². The summed E-state index contributed by atoms with van der Waals surface area (Å²) in [5, 5.41) is 7.98. The fourth-order valence-electron chi connectivity index (χ4n) is 4.30. The molecule has 134 valence electrons.